The topological polar surface area (TPSA) is 146 Å². The lowest BCUT2D eigenvalue weighted by Crippen LogP contribution is -2.46. The second-order valence-electron chi connectivity index (χ2n) is 7.94. The number of fused-ring (bicyclic) bond motifs is 1. The van der Waals surface area contributed by atoms with Gasteiger partial charge in [-0.3, -0.25) is 9.59 Å². The van der Waals surface area contributed by atoms with E-state index in [4.69, 9.17) is 9.52 Å². The van der Waals surface area contributed by atoms with Crippen LogP contribution in [-0.4, -0.2) is 40.6 Å². The van der Waals surface area contributed by atoms with E-state index >= 15 is 0 Å². The fraction of sp³-hybridized carbons (Fsp3) is 0.455. The number of carboxylic acids is 1. The Kier molecular flexibility index (Phi) is 7.79. The van der Waals surface area contributed by atoms with Crippen LogP contribution in [0.15, 0.2) is 21.3 Å². The van der Waals surface area contributed by atoms with Crippen LogP contribution in [0.25, 0.3) is 11.0 Å². The van der Waals surface area contributed by atoms with Crippen LogP contribution in [0.2, 0.25) is 0 Å². The molecule has 1 aromatic carbocycles. The Balaban J connectivity index is 1.98. The average molecular weight is 432 g/mol. The quantitative estimate of drug-likeness (QED) is 0.442. The number of phenolic OH excluding ortho intramolecular Hbond substituents is 1. The molecule has 0 fully saturated rings. The van der Waals surface area contributed by atoms with E-state index in [9.17, 15) is 24.3 Å². The van der Waals surface area contributed by atoms with Gasteiger partial charge in [0.1, 0.15) is 17.4 Å². The summed E-state index contributed by atoms with van der Waals surface area (Å²) in [5.74, 6) is -2.07. The summed E-state index contributed by atoms with van der Waals surface area (Å²) in [5, 5.41) is 24.5. The van der Waals surface area contributed by atoms with Crippen molar-refractivity contribution in [2.45, 2.75) is 53.0 Å². The number of benzene rings is 1. The van der Waals surface area contributed by atoms with Crippen LogP contribution in [0, 0.1) is 19.8 Å². The minimum Gasteiger partial charge on any atom is -0.508 e. The number of rotatable bonds is 9. The zero-order chi connectivity index (χ0) is 23.3. The number of aromatic hydroxyl groups is 1. The number of amides is 2. The molecule has 0 aliphatic rings. The van der Waals surface area contributed by atoms with Crippen molar-refractivity contribution in [2.24, 2.45) is 5.92 Å². The summed E-state index contributed by atoms with van der Waals surface area (Å²) < 4.78 is 5.35. The van der Waals surface area contributed by atoms with Crippen molar-refractivity contribution in [1.82, 2.24) is 10.6 Å². The maximum atomic E-state index is 12.4. The smallest absolute Gasteiger partial charge is 0.339 e. The van der Waals surface area contributed by atoms with Gasteiger partial charge < -0.3 is 25.3 Å². The maximum absolute atomic E-state index is 12.4. The highest BCUT2D eigenvalue weighted by molar-refractivity contribution is 5.88. The van der Waals surface area contributed by atoms with Gasteiger partial charge in [-0.25, -0.2) is 9.59 Å². The number of carbonyl (C=O) groups excluding carboxylic acids is 2. The number of nitrogens with one attached hydrogen (secondary N) is 2. The first kappa shape index (κ1) is 23.9. The molecule has 2 aromatic rings. The highest BCUT2D eigenvalue weighted by Gasteiger charge is 2.21. The van der Waals surface area contributed by atoms with Crippen LogP contribution in [0.4, 0.5) is 0 Å². The summed E-state index contributed by atoms with van der Waals surface area (Å²) in [7, 11) is 0. The minimum absolute atomic E-state index is 0.0268. The maximum Gasteiger partial charge on any atom is 0.339 e. The molecule has 31 heavy (non-hydrogen) atoms. The molecule has 1 aromatic heterocycles. The van der Waals surface area contributed by atoms with Crippen LogP contribution >= 0.6 is 0 Å². The van der Waals surface area contributed by atoms with Gasteiger partial charge in [-0.05, 0) is 50.3 Å². The molecule has 0 saturated carbocycles. The van der Waals surface area contributed by atoms with Gasteiger partial charge in [0.05, 0.1) is 6.54 Å². The van der Waals surface area contributed by atoms with E-state index in [1.807, 2.05) is 13.8 Å². The van der Waals surface area contributed by atoms with Crippen LogP contribution in [0.5, 0.6) is 5.75 Å². The highest BCUT2D eigenvalue weighted by Crippen LogP contribution is 2.28. The van der Waals surface area contributed by atoms with Crippen molar-refractivity contribution in [2.75, 3.05) is 6.54 Å². The highest BCUT2D eigenvalue weighted by atomic mass is 16.4. The Labute approximate surface area is 179 Å². The molecule has 0 bridgehead atoms. The van der Waals surface area contributed by atoms with E-state index in [0.717, 1.165) is 0 Å². The Morgan fingerprint density at radius 1 is 1.10 bits per heavy atom. The molecule has 0 radical (unpaired) electrons. The lowest BCUT2D eigenvalue weighted by molar-refractivity contribution is -0.142. The van der Waals surface area contributed by atoms with Crippen molar-refractivity contribution < 1.29 is 29.0 Å². The first-order chi connectivity index (χ1) is 14.5. The molecule has 0 saturated heterocycles. The zero-order valence-electron chi connectivity index (χ0n) is 18.1. The summed E-state index contributed by atoms with van der Waals surface area (Å²) in [6.07, 6.45) is 0.349. The predicted molar refractivity (Wildman–Crippen MR) is 114 cm³/mol. The summed E-state index contributed by atoms with van der Waals surface area (Å²) in [6.45, 7) is 6.73. The second-order valence-corrected chi connectivity index (χ2v) is 7.94. The summed E-state index contributed by atoms with van der Waals surface area (Å²) >= 11 is 0. The molecule has 1 heterocycles. The van der Waals surface area contributed by atoms with Crippen LogP contribution in [0.3, 0.4) is 0 Å². The monoisotopic (exact) mass is 432 g/mol. The summed E-state index contributed by atoms with van der Waals surface area (Å²) in [5.41, 5.74) is 1.20. The summed E-state index contributed by atoms with van der Waals surface area (Å²) in [6, 6.07) is 2.15. The number of hydrogen-bond acceptors (Lipinski definition) is 6. The molecular formula is C22H28N2O7. The number of aryl methyl sites for hydroxylation is 2. The molecule has 9 heteroatoms. The van der Waals surface area contributed by atoms with E-state index in [1.165, 1.54) is 6.07 Å². The molecule has 0 unspecified atom stereocenters. The molecule has 0 spiro atoms. The van der Waals surface area contributed by atoms with Gasteiger partial charge in [0, 0.05) is 22.9 Å². The molecular weight excluding hydrogens is 404 g/mol. The van der Waals surface area contributed by atoms with Gasteiger partial charge in [-0.2, -0.15) is 0 Å². The third-order valence-electron chi connectivity index (χ3n) is 5.06. The molecule has 2 rings (SSSR count). The SMILES string of the molecule is Cc1c(CCC(=O)NCC(=O)N[C@@H](CC(C)C)C(=O)O)c(=O)oc2c(C)c(O)ccc12. The van der Waals surface area contributed by atoms with Crippen molar-refractivity contribution >= 4 is 28.8 Å². The Hall–Kier alpha value is -3.36. The van der Waals surface area contributed by atoms with Gasteiger partial charge in [0.25, 0.3) is 0 Å². The molecule has 2 amide bonds. The van der Waals surface area contributed by atoms with Gasteiger partial charge in [-0.15, -0.1) is 0 Å². The van der Waals surface area contributed by atoms with Crippen molar-refractivity contribution in [3.05, 3.63) is 39.2 Å². The van der Waals surface area contributed by atoms with Gasteiger partial charge >= 0.3 is 11.6 Å². The third-order valence-corrected chi connectivity index (χ3v) is 5.06. The Morgan fingerprint density at radius 2 is 1.77 bits per heavy atom. The minimum atomic E-state index is -1.13. The van der Waals surface area contributed by atoms with E-state index in [2.05, 4.69) is 10.6 Å². The van der Waals surface area contributed by atoms with Crippen molar-refractivity contribution in [3.8, 4) is 5.75 Å². The van der Waals surface area contributed by atoms with Crippen LogP contribution in [-0.2, 0) is 20.8 Å². The molecule has 0 aliphatic carbocycles. The number of carbonyl (C=O) groups is 3. The fourth-order valence-electron chi connectivity index (χ4n) is 3.31. The van der Waals surface area contributed by atoms with Crippen LogP contribution in [0.1, 0.15) is 43.4 Å². The lowest BCUT2D eigenvalue weighted by atomic mass is 10.0. The normalized spacial score (nSPS) is 12.0. The van der Waals surface area contributed by atoms with E-state index in [-0.39, 0.29) is 37.5 Å². The first-order valence-electron chi connectivity index (χ1n) is 10.0. The third kappa shape index (κ3) is 6.07. The lowest BCUT2D eigenvalue weighted by Gasteiger charge is -2.16. The van der Waals surface area contributed by atoms with Crippen LogP contribution < -0.4 is 16.3 Å². The molecule has 9 nitrogen and oxygen atoms in total. The number of aliphatic carboxylic acids is 1. The van der Waals surface area contributed by atoms with Gasteiger partial charge in [0.15, 0.2) is 0 Å². The Bertz CT molecular complexity index is 1060. The molecule has 0 aliphatic heterocycles. The van der Waals surface area contributed by atoms with Crippen molar-refractivity contribution in [1.29, 1.82) is 0 Å². The largest absolute Gasteiger partial charge is 0.508 e. The Morgan fingerprint density at radius 3 is 2.39 bits per heavy atom. The van der Waals surface area contributed by atoms with E-state index in [1.54, 1.807) is 19.9 Å². The molecule has 1 atom stereocenters. The van der Waals surface area contributed by atoms with Crippen molar-refractivity contribution in [3.63, 3.8) is 0 Å². The fourth-order valence-corrected chi connectivity index (χ4v) is 3.31. The zero-order valence-corrected chi connectivity index (χ0v) is 18.1. The standard InChI is InChI=1S/C22H28N2O7/c1-11(2)9-16(21(28)29)24-19(27)10-23-18(26)8-6-15-12(3)14-5-7-17(25)13(4)20(14)31-22(15)30/h5,7,11,16,25H,6,8-10H2,1-4H3,(H,23,26)(H,24,27)(H,28,29)/t16-/m0/s1. The van der Waals surface area contributed by atoms with Gasteiger partial charge in [-0.1, -0.05) is 13.8 Å². The van der Waals surface area contributed by atoms with E-state index in [0.29, 0.717) is 27.7 Å². The molecule has 168 valence electrons. The average Bonchev–Trinajstić information content (AvgIpc) is 2.68. The summed E-state index contributed by atoms with van der Waals surface area (Å²) in [4.78, 5) is 47.7. The number of phenols is 1. The van der Waals surface area contributed by atoms with Gasteiger partial charge in [0.2, 0.25) is 11.8 Å². The first-order valence-corrected chi connectivity index (χ1v) is 10.0. The predicted octanol–water partition coefficient (Wildman–Crippen LogP) is 1.78. The second kappa shape index (κ2) is 10.1. The molecule has 4 N–H and O–H groups in total. The van der Waals surface area contributed by atoms with E-state index < -0.39 is 29.5 Å². The number of hydrogen-bond donors (Lipinski definition) is 4. The number of carboxylic acid groups (broad SMARTS) is 1.